The molecule has 0 spiro atoms. The minimum Gasteiger partial charge on any atom is -0.481 e. The molecule has 2 rings (SSSR count). The van der Waals surface area contributed by atoms with Gasteiger partial charge in [-0.1, -0.05) is 5.16 Å². The van der Waals surface area contributed by atoms with Gasteiger partial charge in [-0.25, -0.2) is 4.98 Å². The van der Waals surface area contributed by atoms with E-state index in [-0.39, 0.29) is 6.04 Å². The Morgan fingerprint density at radius 3 is 2.78 bits per heavy atom. The van der Waals surface area contributed by atoms with Crippen molar-refractivity contribution in [2.75, 3.05) is 12.4 Å². The Kier molecular flexibility index (Phi) is 3.50. The minimum atomic E-state index is 0.114. The number of methoxy groups -OCH3 is 1. The highest BCUT2D eigenvalue weighted by Crippen LogP contribution is 2.25. The van der Waals surface area contributed by atoms with E-state index in [0.29, 0.717) is 5.88 Å². The van der Waals surface area contributed by atoms with Gasteiger partial charge in [0.1, 0.15) is 5.76 Å². The minimum absolute atomic E-state index is 0.114. The highest BCUT2D eigenvalue weighted by Gasteiger charge is 2.16. The van der Waals surface area contributed by atoms with E-state index in [0.717, 1.165) is 22.7 Å². The van der Waals surface area contributed by atoms with Crippen molar-refractivity contribution in [2.45, 2.75) is 26.8 Å². The smallest absolute Gasteiger partial charge is 0.214 e. The second-order valence-electron chi connectivity index (χ2n) is 4.19. The first-order valence-electron chi connectivity index (χ1n) is 5.81. The first-order chi connectivity index (χ1) is 8.61. The van der Waals surface area contributed by atoms with Crippen LogP contribution in [-0.2, 0) is 0 Å². The second-order valence-corrected chi connectivity index (χ2v) is 4.19. The van der Waals surface area contributed by atoms with E-state index in [1.54, 1.807) is 13.3 Å². The number of pyridine rings is 1. The van der Waals surface area contributed by atoms with E-state index in [2.05, 4.69) is 22.4 Å². The number of aromatic nitrogens is 2. The zero-order chi connectivity index (χ0) is 13.1. The molecule has 2 aromatic heterocycles. The summed E-state index contributed by atoms with van der Waals surface area (Å²) in [6, 6.07) is 3.87. The molecule has 1 atom stereocenters. The summed E-state index contributed by atoms with van der Waals surface area (Å²) in [7, 11) is 1.60. The van der Waals surface area contributed by atoms with Crippen LogP contribution in [0.5, 0.6) is 5.88 Å². The molecule has 1 unspecified atom stereocenters. The number of aryl methyl sites for hydroxylation is 2. The molecule has 0 saturated heterocycles. The summed E-state index contributed by atoms with van der Waals surface area (Å²) in [5.41, 5.74) is 2.95. The quantitative estimate of drug-likeness (QED) is 0.900. The van der Waals surface area contributed by atoms with Gasteiger partial charge in [0, 0.05) is 23.5 Å². The summed E-state index contributed by atoms with van der Waals surface area (Å²) in [5, 5.41) is 7.34. The predicted octanol–water partition coefficient (Wildman–Crippen LogP) is 2.87. The molecular weight excluding hydrogens is 230 g/mol. The summed E-state index contributed by atoms with van der Waals surface area (Å²) in [6.07, 6.45) is 1.71. The fourth-order valence-corrected chi connectivity index (χ4v) is 2.04. The number of nitrogens with one attached hydrogen (secondary N) is 1. The maximum atomic E-state index is 5.17. The lowest BCUT2D eigenvalue weighted by molar-refractivity contribution is 0.392. The Morgan fingerprint density at radius 1 is 1.39 bits per heavy atom. The van der Waals surface area contributed by atoms with Crippen molar-refractivity contribution >= 4 is 5.69 Å². The maximum absolute atomic E-state index is 5.17. The number of nitrogens with zero attached hydrogens (tertiary/aromatic N) is 2. The Bertz CT molecular complexity index is 517. The van der Waals surface area contributed by atoms with Crippen molar-refractivity contribution in [1.82, 2.24) is 10.1 Å². The Balaban J connectivity index is 2.18. The zero-order valence-electron chi connectivity index (χ0n) is 11.0. The molecule has 1 N–H and O–H groups in total. The molecule has 0 aromatic carbocycles. The number of hydrogen-bond acceptors (Lipinski definition) is 5. The van der Waals surface area contributed by atoms with Gasteiger partial charge < -0.3 is 14.6 Å². The molecular formula is C13H17N3O2. The van der Waals surface area contributed by atoms with Gasteiger partial charge in [-0.3, -0.25) is 0 Å². The van der Waals surface area contributed by atoms with Crippen LogP contribution < -0.4 is 10.1 Å². The fourth-order valence-electron chi connectivity index (χ4n) is 2.04. The van der Waals surface area contributed by atoms with Gasteiger partial charge in [0.05, 0.1) is 18.8 Å². The van der Waals surface area contributed by atoms with Crippen LogP contribution in [0.25, 0.3) is 0 Å². The number of ether oxygens (including phenoxy) is 1. The van der Waals surface area contributed by atoms with Crippen LogP contribution >= 0.6 is 0 Å². The van der Waals surface area contributed by atoms with Crippen LogP contribution in [0.1, 0.15) is 30.0 Å². The first kappa shape index (κ1) is 12.4. The largest absolute Gasteiger partial charge is 0.481 e. The van der Waals surface area contributed by atoms with Gasteiger partial charge in [-0.2, -0.15) is 0 Å². The second kappa shape index (κ2) is 5.08. The lowest BCUT2D eigenvalue weighted by Crippen LogP contribution is -2.08. The van der Waals surface area contributed by atoms with Crippen LogP contribution in [0.3, 0.4) is 0 Å². The first-order valence-corrected chi connectivity index (χ1v) is 5.81. The van der Waals surface area contributed by atoms with Crippen molar-refractivity contribution in [3.63, 3.8) is 0 Å². The molecule has 2 heterocycles. The monoisotopic (exact) mass is 247 g/mol. The van der Waals surface area contributed by atoms with Crippen LogP contribution in [0.15, 0.2) is 22.9 Å². The van der Waals surface area contributed by atoms with E-state index in [1.165, 1.54) is 0 Å². The molecule has 0 saturated carbocycles. The van der Waals surface area contributed by atoms with E-state index >= 15 is 0 Å². The van der Waals surface area contributed by atoms with Crippen LogP contribution in [0.4, 0.5) is 5.69 Å². The molecule has 0 amide bonds. The fraction of sp³-hybridized carbons (Fsp3) is 0.385. The van der Waals surface area contributed by atoms with Gasteiger partial charge >= 0.3 is 0 Å². The van der Waals surface area contributed by atoms with E-state index in [4.69, 9.17) is 9.26 Å². The molecule has 5 nitrogen and oxygen atoms in total. The number of anilines is 1. The van der Waals surface area contributed by atoms with E-state index in [9.17, 15) is 0 Å². The third-order valence-corrected chi connectivity index (χ3v) is 2.85. The van der Waals surface area contributed by atoms with Crippen molar-refractivity contribution in [3.05, 3.63) is 35.3 Å². The van der Waals surface area contributed by atoms with Gasteiger partial charge in [-0.05, 0) is 26.8 Å². The van der Waals surface area contributed by atoms with E-state index in [1.807, 2.05) is 26.0 Å². The van der Waals surface area contributed by atoms with E-state index < -0.39 is 0 Å². The summed E-state index contributed by atoms with van der Waals surface area (Å²) < 4.78 is 10.3. The van der Waals surface area contributed by atoms with Crippen molar-refractivity contribution in [2.24, 2.45) is 0 Å². The molecule has 0 aliphatic heterocycles. The zero-order valence-corrected chi connectivity index (χ0v) is 11.0. The van der Waals surface area contributed by atoms with Crippen LogP contribution in [-0.4, -0.2) is 17.3 Å². The van der Waals surface area contributed by atoms with Crippen LogP contribution in [0, 0.1) is 13.8 Å². The van der Waals surface area contributed by atoms with Gasteiger partial charge in [0.15, 0.2) is 0 Å². The summed E-state index contributed by atoms with van der Waals surface area (Å²) in [6.45, 7) is 5.93. The van der Waals surface area contributed by atoms with Gasteiger partial charge in [-0.15, -0.1) is 0 Å². The molecule has 0 aliphatic carbocycles. The van der Waals surface area contributed by atoms with Crippen molar-refractivity contribution in [3.8, 4) is 5.88 Å². The molecule has 0 fully saturated rings. The summed E-state index contributed by atoms with van der Waals surface area (Å²) in [4.78, 5) is 4.07. The molecule has 96 valence electrons. The molecule has 0 radical (unpaired) electrons. The van der Waals surface area contributed by atoms with Gasteiger partial charge in [0.25, 0.3) is 0 Å². The number of rotatable bonds is 4. The average Bonchev–Trinajstić information content (AvgIpc) is 2.69. The van der Waals surface area contributed by atoms with Gasteiger partial charge in [0.2, 0.25) is 5.88 Å². The molecule has 18 heavy (non-hydrogen) atoms. The highest BCUT2D eigenvalue weighted by atomic mass is 16.5. The predicted molar refractivity (Wildman–Crippen MR) is 68.8 cm³/mol. The normalized spacial score (nSPS) is 12.2. The molecule has 0 aliphatic rings. The lowest BCUT2D eigenvalue weighted by Gasteiger charge is -2.15. The lowest BCUT2D eigenvalue weighted by atomic mass is 10.1. The number of hydrogen-bond donors (Lipinski definition) is 1. The highest BCUT2D eigenvalue weighted by molar-refractivity contribution is 5.47. The molecule has 2 aromatic rings. The molecule has 0 bridgehead atoms. The Morgan fingerprint density at radius 2 is 2.17 bits per heavy atom. The average molecular weight is 247 g/mol. The topological polar surface area (TPSA) is 60.2 Å². The third kappa shape index (κ3) is 2.45. The standard InChI is InChI=1S/C13H17N3O2/c1-8(13-9(2)16-18-10(13)3)15-11-5-6-14-12(7-11)17-4/h5-8H,1-4H3,(H,14,15). The third-order valence-electron chi connectivity index (χ3n) is 2.85. The Hall–Kier alpha value is -2.04. The van der Waals surface area contributed by atoms with Crippen LogP contribution in [0.2, 0.25) is 0 Å². The molecule has 5 heteroatoms. The SMILES string of the molecule is COc1cc(NC(C)c2c(C)noc2C)ccn1. The van der Waals surface area contributed by atoms with Crippen molar-refractivity contribution in [1.29, 1.82) is 0 Å². The summed E-state index contributed by atoms with van der Waals surface area (Å²) >= 11 is 0. The van der Waals surface area contributed by atoms with Crippen molar-refractivity contribution < 1.29 is 9.26 Å². The maximum Gasteiger partial charge on any atom is 0.214 e. The summed E-state index contributed by atoms with van der Waals surface area (Å²) in [5.74, 6) is 1.43. The Labute approximate surface area is 106 Å².